The Morgan fingerprint density at radius 3 is 2.38 bits per heavy atom. The molecule has 3 aromatic carbocycles. The molecule has 1 aliphatic rings. The fourth-order valence-corrected chi connectivity index (χ4v) is 4.53. The summed E-state index contributed by atoms with van der Waals surface area (Å²) in [4.78, 5) is 12.8. The predicted molar refractivity (Wildman–Crippen MR) is 127 cm³/mol. The number of fused-ring (bicyclic) bond motifs is 1. The minimum Gasteiger partial charge on any atom is -0.486 e. The van der Waals surface area contributed by atoms with E-state index in [1.165, 1.54) is 24.3 Å². The Balaban J connectivity index is 1.48. The van der Waals surface area contributed by atoms with Crippen LogP contribution in [0.2, 0.25) is 0 Å². The van der Waals surface area contributed by atoms with Crippen molar-refractivity contribution in [2.75, 3.05) is 23.8 Å². The number of carbonyl (C=O) groups is 1. The molecular formula is C25H25FN2O5S. The van der Waals surface area contributed by atoms with Crippen molar-refractivity contribution in [1.82, 2.24) is 5.32 Å². The third-order valence-electron chi connectivity index (χ3n) is 5.50. The Hall–Kier alpha value is -3.59. The van der Waals surface area contributed by atoms with Gasteiger partial charge in [-0.25, -0.2) is 12.8 Å². The van der Waals surface area contributed by atoms with Crippen LogP contribution in [0, 0.1) is 5.82 Å². The molecule has 1 aliphatic heterocycles. The highest BCUT2D eigenvalue weighted by Crippen LogP contribution is 2.32. The molecule has 0 spiro atoms. The highest BCUT2D eigenvalue weighted by molar-refractivity contribution is 7.92. The van der Waals surface area contributed by atoms with Gasteiger partial charge in [-0.15, -0.1) is 0 Å². The van der Waals surface area contributed by atoms with Gasteiger partial charge in [-0.2, -0.15) is 0 Å². The highest BCUT2D eigenvalue weighted by Gasteiger charge is 2.21. The molecule has 3 aromatic rings. The Morgan fingerprint density at radius 2 is 1.71 bits per heavy atom. The van der Waals surface area contributed by atoms with Crippen molar-refractivity contribution in [2.24, 2.45) is 0 Å². The lowest BCUT2D eigenvalue weighted by Gasteiger charge is -2.23. The van der Waals surface area contributed by atoms with Crippen molar-refractivity contribution in [3.8, 4) is 11.5 Å². The average Bonchev–Trinajstić information content (AvgIpc) is 2.82. The van der Waals surface area contributed by atoms with Crippen LogP contribution in [0.1, 0.15) is 34.5 Å². The second-order valence-electron chi connectivity index (χ2n) is 8.01. The molecule has 7 nitrogen and oxygen atoms in total. The second kappa shape index (κ2) is 9.72. The van der Waals surface area contributed by atoms with Crippen LogP contribution in [0.3, 0.4) is 0 Å². The number of hydrogen-bond acceptors (Lipinski definition) is 5. The van der Waals surface area contributed by atoms with Gasteiger partial charge >= 0.3 is 0 Å². The number of hydrogen-bond donors (Lipinski definition) is 1. The molecule has 0 bridgehead atoms. The average molecular weight is 485 g/mol. The van der Waals surface area contributed by atoms with Crippen molar-refractivity contribution in [1.29, 1.82) is 0 Å². The van der Waals surface area contributed by atoms with E-state index in [0.717, 1.165) is 16.1 Å². The Morgan fingerprint density at radius 1 is 1.03 bits per heavy atom. The maximum absolute atomic E-state index is 14.1. The van der Waals surface area contributed by atoms with Gasteiger partial charge in [-0.1, -0.05) is 24.3 Å². The summed E-state index contributed by atoms with van der Waals surface area (Å²) in [5, 5.41) is 2.93. The summed E-state index contributed by atoms with van der Waals surface area (Å²) in [6.07, 6.45) is 1.06. The fraction of sp³-hybridized carbons (Fsp3) is 0.240. The van der Waals surface area contributed by atoms with Gasteiger partial charge in [0.2, 0.25) is 10.0 Å². The van der Waals surface area contributed by atoms with Crippen LogP contribution in [-0.2, 0) is 16.6 Å². The van der Waals surface area contributed by atoms with Crippen LogP contribution in [0.25, 0.3) is 0 Å². The number of halogens is 1. The van der Waals surface area contributed by atoms with Gasteiger partial charge in [-0.05, 0) is 55.0 Å². The summed E-state index contributed by atoms with van der Waals surface area (Å²) in [7, 11) is -3.68. The molecule has 0 radical (unpaired) electrons. The molecule has 1 heterocycles. The maximum Gasteiger partial charge on any atom is 0.251 e. The summed E-state index contributed by atoms with van der Waals surface area (Å²) in [5.41, 5.74) is 1.82. The third kappa shape index (κ3) is 5.31. The topological polar surface area (TPSA) is 84.9 Å². The summed E-state index contributed by atoms with van der Waals surface area (Å²) in [6, 6.07) is 17.4. The van der Waals surface area contributed by atoms with Gasteiger partial charge < -0.3 is 14.8 Å². The molecule has 0 saturated heterocycles. The number of nitrogens with one attached hydrogen (secondary N) is 1. The van der Waals surface area contributed by atoms with E-state index >= 15 is 0 Å². The second-order valence-corrected chi connectivity index (χ2v) is 9.91. The molecule has 0 aromatic heterocycles. The first-order chi connectivity index (χ1) is 16.2. The van der Waals surface area contributed by atoms with Gasteiger partial charge in [-0.3, -0.25) is 9.10 Å². The van der Waals surface area contributed by atoms with Crippen LogP contribution in [0.15, 0.2) is 66.7 Å². The number of nitrogens with zero attached hydrogens (tertiary/aromatic N) is 1. The molecule has 1 unspecified atom stereocenters. The lowest BCUT2D eigenvalue weighted by molar-refractivity contribution is 0.0939. The molecule has 0 aliphatic carbocycles. The standard InChI is InChI=1S/C25H25FN2O5S/c1-17(19-9-12-23-24(15-19)33-14-13-32-23)27-25(29)18-7-10-21(11-8-18)28(34(2,30)31)16-20-5-3-4-6-22(20)26/h3-12,15,17H,13-14,16H2,1-2H3,(H,27,29). The molecule has 34 heavy (non-hydrogen) atoms. The van der Waals surface area contributed by atoms with Gasteiger partial charge in [0.05, 0.1) is 24.5 Å². The summed E-state index contributed by atoms with van der Waals surface area (Å²) in [5.74, 6) is 0.522. The number of carbonyl (C=O) groups excluding carboxylic acids is 1. The van der Waals surface area contributed by atoms with E-state index in [4.69, 9.17) is 9.47 Å². The number of anilines is 1. The minimum absolute atomic E-state index is 0.155. The molecule has 178 valence electrons. The lowest BCUT2D eigenvalue weighted by atomic mass is 10.1. The molecule has 1 atom stereocenters. The molecule has 4 rings (SSSR count). The Labute approximate surface area is 198 Å². The minimum atomic E-state index is -3.68. The van der Waals surface area contributed by atoms with E-state index in [9.17, 15) is 17.6 Å². The first kappa shape index (κ1) is 23.6. The van der Waals surface area contributed by atoms with Gasteiger partial charge in [0.15, 0.2) is 11.5 Å². The number of benzene rings is 3. The van der Waals surface area contributed by atoms with Gasteiger partial charge in [0.1, 0.15) is 19.0 Å². The monoisotopic (exact) mass is 484 g/mol. The highest BCUT2D eigenvalue weighted by atomic mass is 32.2. The Bertz CT molecular complexity index is 1290. The van der Waals surface area contributed by atoms with Gasteiger partial charge in [0.25, 0.3) is 5.91 Å². The number of amides is 1. The lowest BCUT2D eigenvalue weighted by Crippen LogP contribution is -2.30. The zero-order valence-corrected chi connectivity index (χ0v) is 19.6. The number of sulfonamides is 1. The number of rotatable bonds is 7. The molecule has 9 heteroatoms. The van der Waals surface area contributed by atoms with Crippen molar-refractivity contribution >= 4 is 21.6 Å². The first-order valence-electron chi connectivity index (χ1n) is 10.7. The molecule has 1 amide bonds. The molecule has 0 fully saturated rings. The zero-order valence-electron chi connectivity index (χ0n) is 18.8. The summed E-state index contributed by atoms with van der Waals surface area (Å²) >= 11 is 0. The summed E-state index contributed by atoms with van der Waals surface area (Å²) < 4.78 is 51.1. The van der Waals surface area contributed by atoms with E-state index in [0.29, 0.717) is 36.0 Å². The third-order valence-corrected chi connectivity index (χ3v) is 6.64. The van der Waals surface area contributed by atoms with Crippen LogP contribution in [0.5, 0.6) is 11.5 Å². The normalized spacial score (nSPS) is 13.7. The van der Waals surface area contributed by atoms with E-state index in [1.807, 2.05) is 25.1 Å². The van der Waals surface area contributed by atoms with Gasteiger partial charge in [0, 0.05) is 11.1 Å². The van der Waals surface area contributed by atoms with Crippen molar-refractivity contribution < 1.29 is 27.1 Å². The summed E-state index contributed by atoms with van der Waals surface area (Å²) in [6.45, 7) is 2.69. The van der Waals surface area contributed by atoms with Crippen LogP contribution >= 0.6 is 0 Å². The molecule has 0 saturated carbocycles. The van der Waals surface area contributed by atoms with Crippen molar-refractivity contribution in [2.45, 2.75) is 19.5 Å². The fourth-order valence-electron chi connectivity index (χ4n) is 3.65. The zero-order chi connectivity index (χ0) is 24.3. The van der Waals surface area contributed by atoms with E-state index in [1.54, 1.807) is 24.3 Å². The van der Waals surface area contributed by atoms with E-state index in [-0.39, 0.29) is 24.1 Å². The van der Waals surface area contributed by atoms with E-state index < -0.39 is 15.8 Å². The Kier molecular flexibility index (Phi) is 6.74. The molecule has 1 N–H and O–H groups in total. The van der Waals surface area contributed by atoms with Crippen LogP contribution in [0.4, 0.5) is 10.1 Å². The predicted octanol–water partition coefficient (Wildman–Crippen LogP) is 4.05. The molecular weight excluding hydrogens is 459 g/mol. The largest absolute Gasteiger partial charge is 0.486 e. The van der Waals surface area contributed by atoms with Crippen LogP contribution < -0.4 is 19.1 Å². The SMILES string of the molecule is CC(NC(=O)c1ccc(N(Cc2ccccc2F)S(C)(=O)=O)cc1)c1ccc2c(c1)OCCO2. The first-order valence-corrected chi connectivity index (χ1v) is 12.6. The van der Waals surface area contributed by atoms with E-state index in [2.05, 4.69) is 5.32 Å². The maximum atomic E-state index is 14.1. The van der Waals surface area contributed by atoms with Crippen molar-refractivity contribution in [3.05, 3.63) is 89.2 Å². The van der Waals surface area contributed by atoms with Crippen LogP contribution in [-0.4, -0.2) is 33.8 Å². The smallest absolute Gasteiger partial charge is 0.251 e. The quantitative estimate of drug-likeness (QED) is 0.547. The van der Waals surface area contributed by atoms with Crippen molar-refractivity contribution in [3.63, 3.8) is 0 Å². The number of ether oxygens (including phenoxy) is 2.